The number of hydrogen-bond donors (Lipinski definition) is 2. The van der Waals surface area contributed by atoms with Crippen molar-refractivity contribution in [1.29, 1.82) is 0 Å². The van der Waals surface area contributed by atoms with Gasteiger partial charge in [0.1, 0.15) is 10.8 Å². The first-order valence-corrected chi connectivity index (χ1v) is 8.39. The third-order valence-corrected chi connectivity index (χ3v) is 4.16. The lowest BCUT2D eigenvalue weighted by Gasteiger charge is -2.11. The predicted molar refractivity (Wildman–Crippen MR) is 92.0 cm³/mol. The quantitative estimate of drug-likeness (QED) is 0.604. The molecule has 0 unspecified atom stereocenters. The Morgan fingerprint density at radius 2 is 2.12 bits per heavy atom. The van der Waals surface area contributed by atoms with Gasteiger partial charge in [-0.15, -0.1) is 11.3 Å². The summed E-state index contributed by atoms with van der Waals surface area (Å²) in [5.41, 5.74) is 0.243. The lowest BCUT2D eigenvalue weighted by molar-refractivity contribution is -0.140. The summed E-state index contributed by atoms with van der Waals surface area (Å²) in [4.78, 5) is 7.62. The lowest BCUT2D eigenvalue weighted by atomic mass is 10.1. The Bertz CT molecular complexity index is 715. The Morgan fingerprint density at radius 3 is 2.76 bits per heavy atom. The van der Waals surface area contributed by atoms with Gasteiger partial charge in [-0.3, -0.25) is 4.99 Å². The SMILES string of the molecule is CN=C(NCCc1cccc(OC)c1)NCc1nc(C(F)(F)F)cs1. The zero-order valence-corrected chi connectivity index (χ0v) is 14.7. The Morgan fingerprint density at radius 1 is 1.32 bits per heavy atom. The maximum atomic E-state index is 12.5. The molecular weight excluding hydrogens is 353 g/mol. The van der Waals surface area contributed by atoms with Crippen molar-refractivity contribution in [2.45, 2.75) is 19.1 Å². The first kappa shape index (κ1) is 19.0. The molecule has 1 aromatic carbocycles. The van der Waals surface area contributed by atoms with Gasteiger partial charge in [0.15, 0.2) is 11.7 Å². The molecule has 9 heteroatoms. The standard InChI is InChI=1S/C16H19F3N4OS/c1-20-15(21-7-6-11-4-3-5-12(8-11)24-2)22-9-14-23-13(10-25-14)16(17,18)19/h3-5,8,10H,6-7,9H2,1-2H3,(H2,20,21,22). The molecule has 0 aliphatic rings. The minimum atomic E-state index is -4.41. The van der Waals surface area contributed by atoms with E-state index in [1.54, 1.807) is 14.2 Å². The largest absolute Gasteiger partial charge is 0.497 e. The topological polar surface area (TPSA) is 58.5 Å². The van der Waals surface area contributed by atoms with E-state index in [4.69, 9.17) is 4.74 Å². The van der Waals surface area contributed by atoms with Crippen LogP contribution in [0.25, 0.3) is 0 Å². The Balaban J connectivity index is 1.79. The number of hydrogen-bond acceptors (Lipinski definition) is 4. The number of benzene rings is 1. The summed E-state index contributed by atoms with van der Waals surface area (Å²) in [5, 5.41) is 7.43. The molecule has 0 aliphatic carbocycles. The molecule has 0 aliphatic heterocycles. The Hall–Kier alpha value is -2.29. The number of ether oxygens (including phenoxy) is 1. The van der Waals surface area contributed by atoms with Gasteiger partial charge in [-0.25, -0.2) is 4.98 Å². The molecule has 5 nitrogen and oxygen atoms in total. The molecule has 0 bridgehead atoms. The second-order valence-corrected chi connectivity index (χ2v) is 6.02. The van der Waals surface area contributed by atoms with Gasteiger partial charge < -0.3 is 15.4 Å². The molecular formula is C16H19F3N4OS. The number of methoxy groups -OCH3 is 1. The van der Waals surface area contributed by atoms with Crippen LogP contribution >= 0.6 is 11.3 Å². The van der Waals surface area contributed by atoms with Crippen LogP contribution in [0, 0.1) is 0 Å². The van der Waals surface area contributed by atoms with Crippen molar-refractivity contribution in [1.82, 2.24) is 15.6 Å². The van der Waals surface area contributed by atoms with Crippen LogP contribution in [0.2, 0.25) is 0 Å². The van der Waals surface area contributed by atoms with Gasteiger partial charge in [0.2, 0.25) is 0 Å². The number of aliphatic imine (C=N–C) groups is 1. The summed E-state index contributed by atoms with van der Waals surface area (Å²) in [7, 11) is 3.22. The van der Waals surface area contributed by atoms with Crippen LogP contribution in [0.15, 0.2) is 34.6 Å². The number of nitrogens with one attached hydrogen (secondary N) is 2. The van der Waals surface area contributed by atoms with Crippen molar-refractivity contribution in [2.75, 3.05) is 20.7 Å². The maximum absolute atomic E-state index is 12.5. The van der Waals surface area contributed by atoms with Crippen molar-refractivity contribution in [3.05, 3.63) is 45.9 Å². The number of halogens is 3. The van der Waals surface area contributed by atoms with Crippen molar-refractivity contribution in [2.24, 2.45) is 4.99 Å². The zero-order chi connectivity index (χ0) is 18.3. The average Bonchev–Trinajstić information content (AvgIpc) is 3.07. The minimum absolute atomic E-state index is 0.180. The van der Waals surface area contributed by atoms with E-state index in [2.05, 4.69) is 20.6 Å². The second kappa shape index (κ2) is 8.70. The van der Waals surface area contributed by atoms with Crippen LogP contribution in [-0.4, -0.2) is 31.6 Å². The number of aromatic nitrogens is 1. The van der Waals surface area contributed by atoms with Crippen LogP contribution in [0.3, 0.4) is 0 Å². The summed E-state index contributed by atoms with van der Waals surface area (Å²) < 4.78 is 42.8. The highest BCUT2D eigenvalue weighted by atomic mass is 32.1. The van der Waals surface area contributed by atoms with E-state index in [1.165, 1.54) is 0 Å². The van der Waals surface area contributed by atoms with Crippen LogP contribution in [0.4, 0.5) is 13.2 Å². The van der Waals surface area contributed by atoms with Gasteiger partial charge in [-0.05, 0) is 24.1 Å². The highest BCUT2D eigenvalue weighted by molar-refractivity contribution is 7.09. The molecule has 0 fully saturated rings. The normalized spacial score (nSPS) is 12.1. The van der Waals surface area contributed by atoms with Crippen molar-refractivity contribution >= 4 is 17.3 Å². The van der Waals surface area contributed by atoms with E-state index in [0.29, 0.717) is 17.5 Å². The van der Waals surface area contributed by atoms with Crippen LogP contribution < -0.4 is 15.4 Å². The Labute approximate surface area is 148 Å². The number of rotatable bonds is 6. The second-order valence-electron chi connectivity index (χ2n) is 5.08. The van der Waals surface area contributed by atoms with Crippen LogP contribution in [-0.2, 0) is 19.1 Å². The highest BCUT2D eigenvalue weighted by Crippen LogP contribution is 2.29. The Kier molecular flexibility index (Phi) is 6.63. The number of nitrogens with zero attached hydrogens (tertiary/aromatic N) is 2. The molecule has 136 valence electrons. The lowest BCUT2D eigenvalue weighted by Crippen LogP contribution is -2.37. The summed E-state index contributed by atoms with van der Waals surface area (Å²) in [6, 6.07) is 7.74. The van der Waals surface area contributed by atoms with E-state index in [1.807, 2.05) is 24.3 Å². The molecule has 0 atom stereocenters. The van der Waals surface area contributed by atoms with Crippen LogP contribution in [0.5, 0.6) is 5.75 Å². The van der Waals surface area contributed by atoms with Gasteiger partial charge >= 0.3 is 6.18 Å². The number of guanidine groups is 1. The summed E-state index contributed by atoms with van der Waals surface area (Å²) in [6.07, 6.45) is -3.65. The van der Waals surface area contributed by atoms with Gasteiger partial charge in [-0.2, -0.15) is 13.2 Å². The molecule has 2 rings (SSSR count). The van der Waals surface area contributed by atoms with Crippen molar-refractivity contribution in [3.8, 4) is 5.75 Å². The molecule has 0 spiro atoms. The smallest absolute Gasteiger partial charge is 0.434 e. The highest BCUT2D eigenvalue weighted by Gasteiger charge is 2.33. The summed E-state index contributed by atoms with van der Waals surface area (Å²) in [5.74, 6) is 1.30. The summed E-state index contributed by atoms with van der Waals surface area (Å²) in [6.45, 7) is 0.804. The van der Waals surface area contributed by atoms with Gasteiger partial charge in [0.05, 0.1) is 13.7 Å². The molecule has 0 amide bonds. The van der Waals surface area contributed by atoms with Gasteiger partial charge in [0, 0.05) is 19.0 Å². The molecule has 0 saturated heterocycles. The average molecular weight is 372 g/mol. The van der Waals surface area contributed by atoms with Crippen molar-refractivity contribution in [3.63, 3.8) is 0 Å². The fraction of sp³-hybridized carbons (Fsp3) is 0.375. The van der Waals surface area contributed by atoms with E-state index < -0.39 is 11.9 Å². The van der Waals surface area contributed by atoms with Gasteiger partial charge in [0.25, 0.3) is 0 Å². The molecule has 0 saturated carbocycles. The van der Waals surface area contributed by atoms with E-state index >= 15 is 0 Å². The monoisotopic (exact) mass is 372 g/mol. The molecule has 1 aromatic heterocycles. The van der Waals surface area contributed by atoms with E-state index in [-0.39, 0.29) is 6.54 Å². The number of alkyl halides is 3. The fourth-order valence-corrected chi connectivity index (χ4v) is 2.80. The minimum Gasteiger partial charge on any atom is -0.497 e. The molecule has 25 heavy (non-hydrogen) atoms. The van der Waals surface area contributed by atoms with Gasteiger partial charge in [-0.1, -0.05) is 12.1 Å². The van der Waals surface area contributed by atoms with E-state index in [9.17, 15) is 13.2 Å². The van der Waals surface area contributed by atoms with E-state index in [0.717, 1.165) is 34.5 Å². The van der Waals surface area contributed by atoms with Crippen LogP contribution in [0.1, 0.15) is 16.3 Å². The zero-order valence-electron chi connectivity index (χ0n) is 13.9. The third-order valence-electron chi connectivity index (χ3n) is 3.31. The summed E-state index contributed by atoms with van der Waals surface area (Å²) >= 11 is 0.963. The first-order valence-electron chi connectivity index (χ1n) is 7.51. The fourth-order valence-electron chi connectivity index (χ4n) is 2.06. The maximum Gasteiger partial charge on any atom is 0.434 e. The third kappa shape index (κ3) is 5.93. The molecule has 2 aromatic rings. The molecule has 1 heterocycles. The predicted octanol–water partition coefficient (Wildman–Crippen LogP) is 3.08. The number of thiazole rings is 1. The molecule has 2 N–H and O–H groups in total. The molecule has 0 radical (unpaired) electrons. The first-order chi connectivity index (χ1) is 11.9. The van der Waals surface area contributed by atoms with Crippen molar-refractivity contribution < 1.29 is 17.9 Å².